The number of hydrogen-bond donors (Lipinski definition) is 2. The summed E-state index contributed by atoms with van der Waals surface area (Å²) in [6, 6.07) is 0. The Morgan fingerprint density at radius 1 is 1.40 bits per heavy atom. The second-order valence-electron chi connectivity index (χ2n) is 3.81. The van der Waals surface area contributed by atoms with Crippen molar-refractivity contribution in [2.24, 2.45) is 5.92 Å². The number of aliphatic carboxylic acids is 1. The fraction of sp³-hybridized carbons (Fsp3) is 0.667. The predicted molar refractivity (Wildman–Crippen MR) is 56.7 cm³/mol. The highest BCUT2D eigenvalue weighted by Crippen LogP contribution is 2.39. The molecule has 0 radical (unpaired) electrons. The van der Waals surface area contributed by atoms with Crippen molar-refractivity contribution < 1.29 is 9.90 Å². The summed E-state index contributed by atoms with van der Waals surface area (Å²) in [5.41, 5.74) is 5.50. The maximum Gasteiger partial charge on any atom is 0.307 e. The largest absolute Gasteiger partial charge is 0.481 e. The minimum atomic E-state index is -0.728. The van der Waals surface area contributed by atoms with Crippen molar-refractivity contribution in [3.8, 4) is 0 Å². The van der Waals surface area contributed by atoms with Crippen LogP contribution in [0.15, 0.2) is 0 Å². The quantitative estimate of drug-likeness (QED) is 0.798. The normalized spacial score (nSPS) is 26.4. The molecule has 0 aromatic carbocycles. The van der Waals surface area contributed by atoms with E-state index in [1.807, 2.05) is 0 Å². The number of aromatic nitrogens is 2. The highest BCUT2D eigenvalue weighted by atomic mass is 32.1. The highest BCUT2D eigenvalue weighted by molar-refractivity contribution is 7.15. The summed E-state index contributed by atoms with van der Waals surface area (Å²) in [5.74, 6) is -1.04. The van der Waals surface area contributed by atoms with Crippen LogP contribution in [-0.2, 0) is 4.79 Å². The van der Waals surface area contributed by atoms with E-state index in [0.717, 1.165) is 30.7 Å². The first kappa shape index (κ1) is 10.4. The van der Waals surface area contributed by atoms with E-state index in [-0.39, 0.29) is 11.8 Å². The highest BCUT2D eigenvalue weighted by Gasteiger charge is 2.34. The first-order valence-corrected chi connectivity index (χ1v) is 5.82. The number of hydrogen-bond acceptors (Lipinski definition) is 5. The minimum absolute atomic E-state index is 0.00560. The first-order chi connectivity index (χ1) is 7.18. The third-order valence-electron chi connectivity index (χ3n) is 2.86. The Kier molecular flexibility index (Phi) is 2.86. The molecule has 2 unspecified atom stereocenters. The van der Waals surface area contributed by atoms with Crippen LogP contribution in [0.1, 0.15) is 36.6 Å². The summed E-state index contributed by atoms with van der Waals surface area (Å²) >= 11 is 1.31. The van der Waals surface area contributed by atoms with Gasteiger partial charge in [-0.25, -0.2) is 0 Å². The molecule has 2 rings (SSSR count). The third-order valence-corrected chi connectivity index (χ3v) is 3.74. The lowest BCUT2D eigenvalue weighted by atomic mass is 9.80. The van der Waals surface area contributed by atoms with Gasteiger partial charge in [-0.05, 0) is 12.8 Å². The Bertz CT molecular complexity index is 366. The number of carboxylic acid groups (broad SMARTS) is 1. The lowest BCUT2D eigenvalue weighted by molar-refractivity contribution is -0.143. The van der Waals surface area contributed by atoms with Gasteiger partial charge < -0.3 is 10.8 Å². The number of anilines is 1. The smallest absolute Gasteiger partial charge is 0.307 e. The SMILES string of the molecule is Nc1nnc(C2CCCCC2C(=O)O)s1. The maximum absolute atomic E-state index is 11.1. The zero-order chi connectivity index (χ0) is 10.8. The molecule has 6 heteroatoms. The van der Waals surface area contributed by atoms with Gasteiger partial charge in [-0.15, -0.1) is 10.2 Å². The molecule has 2 atom stereocenters. The second-order valence-corrected chi connectivity index (χ2v) is 4.85. The Hall–Kier alpha value is -1.17. The Labute approximate surface area is 91.3 Å². The third kappa shape index (κ3) is 2.09. The Morgan fingerprint density at radius 2 is 2.13 bits per heavy atom. The molecule has 0 aliphatic heterocycles. The molecule has 1 aliphatic rings. The van der Waals surface area contributed by atoms with Crippen molar-refractivity contribution in [2.45, 2.75) is 31.6 Å². The lowest BCUT2D eigenvalue weighted by Crippen LogP contribution is -2.25. The monoisotopic (exact) mass is 227 g/mol. The van der Waals surface area contributed by atoms with Crippen LogP contribution in [0.3, 0.4) is 0 Å². The van der Waals surface area contributed by atoms with E-state index in [0.29, 0.717) is 5.13 Å². The molecule has 1 aromatic rings. The molecule has 0 saturated heterocycles. The summed E-state index contributed by atoms with van der Waals surface area (Å²) < 4.78 is 0. The molecular weight excluding hydrogens is 214 g/mol. The maximum atomic E-state index is 11.1. The van der Waals surface area contributed by atoms with Gasteiger partial charge in [0.1, 0.15) is 5.01 Å². The molecule has 0 amide bonds. The van der Waals surface area contributed by atoms with Gasteiger partial charge in [-0.1, -0.05) is 24.2 Å². The van der Waals surface area contributed by atoms with E-state index in [1.54, 1.807) is 0 Å². The van der Waals surface area contributed by atoms with Crippen LogP contribution in [0.5, 0.6) is 0 Å². The van der Waals surface area contributed by atoms with Gasteiger partial charge in [0.25, 0.3) is 0 Å². The molecule has 1 heterocycles. The van der Waals surface area contributed by atoms with Crippen LogP contribution < -0.4 is 5.73 Å². The average Bonchev–Trinajstić information content (AvgIpc) is 2.65. The molecule has 1 aromatic heterocycles. The predicted octanol–water partition coefficient (Wildman–Crippen LogP) is 1.48. The molecule has 1 aliphatic carbocycles. The molecule has 1 saturated carbocycles. The zero-order valence-corrected chi connectivity index (χ0v) is 9.04. The molecule has 3 N–H and O–H groups in total. The van der Waals surface area contributed by atoms with Crippen LogP contribution >= 0.6 is 11.3 Å². The molecule has 1 fully saturated rings. The van der Waals surface area contributed by atoms with E-state index < -0.39 is 5.97 Å². The summed E-state index contributed by atoms with van der Waals surface area (Å²) in [4.78, 5) is 11.1. The van der Waals surface area contributed by atoms with Crippen molar-refractivity contribution in [3.05, 3.63) is 5.01 Å². The number of carboxylic acids is 1. The van der Waals surface area contributed by atoms with Crippen molar-refractivity contribution in [1.29, 1.82) is 0 Å². The van der Waals surface area contributed by atoms with Crippen molar-refractivity contribution >= 4 is 22.4 Å². The number of rotatable bonds is 2. The van der Waals surface area contributed by atoms with E-state index in [1.165, 1.54) is 11.3 Å². The minimum Gasteiger partial charge on any atom is -0.481 e. The molecular formula is C9H13N3O2S. The topological polar surface area (TPSA) is 89.1 Å². The zero-order valence-electron chi connectivity index (χ0n) is 8.22. The van der Waals surface area contributed by atoms with Gasteiger partial charge in [0.15, 0.2) is 0 Å². The summed E-state index contributed by atoms with van der Waals surface area (Å²) in [6.07, 6.45) is 3.67. The molecule has 15 heavy (non-hydrogen) atoms. The van der Waals surface area contributed by atoms with Crippen molar-refractivity contribution in [3.63, 3.8) is 0 Å². The lowest BCUT2D eigenvalue weighted by Gasteiger charge is -2.26. The summed E-state index contributed by atoms with van der Waals surface area (Å²) in [5, 5.41) is 18.0. The van der Waals surface area contributed by atoms with Crippen molar-refractivity contribution in [2.75, 3.05) is 5.73 Å². The van der Waals surface area contributed by atoms with Crippen LogP contribution in [0.2, 0.25) is 0 Å². The van der Waals surface area contributed by atoms with E-state index in [4.69, 9.17) is 10.8 Å². The van der Waals surface area contributed by atoms with Crippen LogP contribution in [0, 0.1) is 5.92 Å². The molecule has 0 spiro atoms. The average molecular weight is 227 g/mol. The van der Waals surface area contributed by atoms with Crippen molar-refractivity contribution in [1.82, 2.24) is 10.2 Å². The molecule has 5 nitrogen and oxygen atoms in total. The number of nitrogen functional groups attached to an aromatic ring is 1. The molecule has 82 valence electrons. The second kappa shape index (κ2) is 4.14. The van der Waals surface area contributed by atoms with E-state index >= 15 is 0 Å². The fourth-order valence-electron chi connectivity index (χ4n) is 2.12. The van der Waals surface area contributed by atoms with Gasteiger partial charge in [0.05, 0.1) is 5.92 Å². The number of nitrogens with zero attached hydrogens (tertiary/aromatic N) is 2. The van der Waals surface area contributed by atoms with Gasteiger partial charge in [-0.2, -0.15) is 0 Å². The number of carbonyl (C=O) groups is 1. The number of nitrogens with two attached hydrogens (primary N) is 1. The summed E-state index contributed by atoms with van der Waals surface area (Å²) in [7, 11) is 0. The van der Waals surface area contributed by atoms with Gasteiger partial charge >= 0.3 is 5.97 Å². The Morgan fingerprint density at radius 3 is 2.73 bits per heavy atom. The van der Waals surface area contributed by atoms with E-state index in [9.17, 15) is 4.79 Å². The Balaban J connectivity index is 2.21. The fourth-order valence-corrected chi connectivity index (χ4v) is 2.93. The standard InChI is InChI=1S/C9H13N3O2S/c10-9-12-11-7(15-9)5-3-1-2-4-6(5)8(13)14/h5-6H,1-4H2,(H2,10,12)(H,13,14). The van der Waals surface area contributed by atoms with Gasteiger partial charge in [-0.3, -0.25) is 4.79 Å². The first-order valence-electron chi connectivity index (χ1n) is 5.00. The molecule has 0 bridgehead atoms. The van der Waals surface area contributed by atoms with Crippen LogP contribution in [0.4, 0.5) is 5.13 Å². The van der Waals surface area contributed by atoms with Crippen LogP contribution in [-0.4, -0.2) is 21.3 Å². The van der Waals surface area contributed by atoms with Gasteiger partial charge in [0, 0.05) is 5.92 Å². The van der Waals surface area contributed by atoms with Crippen LogP contribution in [0.25, 0.3) is 0 Å². The van der Waals surface area contributed by atoms with E-state index in [2.05, 4.69) is 10.2 Å². The van der Waals surface area contributed by atoms with Gasteiger partial charge in [0.2, 0.25) is 5.13 Å². The summed E-state index contributed by atoms with van der Waals surface area (Å²) in [6.45, 7) is 0.